The molecule has 0 aromatic rings. The highest BCUT2D eigenvalue weighted by Gasteiger charge is 2.59. The van der Waals surface area contributed by atoms with Crippen molar-refractivity contribution in [2.75, 3.05) is 52.2 Å². The average Bonchev–Trinajstić information content (AvgIpc) is 2.62. The molecule has 168 valence electrons. The summed E-state index contributed by atoms with van der Waals surface area (Å²) in [7, 11) is -1.47. The smallest absolute Gasteiger partial charge is 0.216 e. The number of nitrogens with one attached hydrogen (secondary N) is 1. The van der Waals surface area contributed by atoms with E-state index in [0.717, 1.165) is 19.0 Å². The molecule has 1 saturated heterocycles. The van der Waals surface area contributed by atoms with Crippen molar-refractivity contribution in [1.82, 2.24) is 14.5 Å². The molecule has 3 fully saturated rings. The summed E-state index contributed by atoms with van der Waals surface area (Å²) in [4.78, 5) is 6.66. The van der Waals surface area contributed by atoms with Gasteiger partial charge in [0.1, 0.15) is 0 Å². The highest BCUT2D eigenvalue weighted by molar-refractivity contribution is 7.89. The normalized spacial score (nSPS) is 27.8. The molecule has 1 N–H and O–H groups in total. The van der Waals surface area contributed by atoms with Crippen molar-refractivity contribution in [1.29, 1.82) is 0 Å². The van der Waals surface area contributed by atoms with Crippen LogP contribution in [0.4, 0.5) is 0 Å². The quantitative estimate of drug-likeness (QED) is 0.461. The van der Waals surface area contributed by atoms with E-state index in [0.29, 0.717) is 38.3 Å². The largest absolute Gasteiger partial charge is 0.378 e. The molecule has 0 aromatic carbocycles. The van der Waals surface area contributed by atoms with Crippen LogP contribution in [-0.2, 0) is 19.5 Å². The highest BCUT2D eigenvalue weighted by atomic mass is 32.2. The fourth-order valence-electron chi connectivity index (χ4n) is 4.79. The van der Waals surface area contributed by atoms with E-state index in [4.69, 9.17) is 9.47 Å². The molecule has 0 bridgehead atoms. The maximum atomic E-state index is 12.5. The van der Waals surface area contributed by atoms with Gasteiger partial charge < -0.3 is 19.7 Å². The molecule has 3 aliphatic rings. The Bertz CT molecular complexity index is 670. The van der Waals surface area contributed by atoms with Crippen LogP contribution in [0, 0.1) is 5.41 Å². The topological polar surface area (TPSA) is 83.5 Å². The van der Waals surface area contributed by atoms with Gasteiger partial charge in [0, 0.05) is 51.3 Å². The molecule has 0 amide bonds. The van der Waals surface area contributed by atoms with E-state index in [2.05, 4.69) is 22.1 Å². The molecule has 0 aromatic heterocycles. The molecule has 8 nitrogen and oxygen atoms in total. The minimum absolute atomic E-state index is 0.0432. The number of sulfonamides is 1. The van der Waals surface area contributed by atoms with E-state index in [1.807, 2.05) is 13.8 Å². The Labute approximate surface area is 176 Å². The van der Waals surface area contributed by atoms with Gasteiger partial charge in [0.2, 0.25) is 10.0 Å². The molecule has 2 atom stereocenters. The number of hydrogen-bond acceptors (Lipinski definition) is 5. The minimum atomic E-state index is -3.27. The van der Waals surface area contributed by atoms with Crippen molar-refractivity contribution in [2.24, 2.45) is 10.4 Å². The van der Waals surface area contributed by atoms with Crippen LogP contribution >= 0.6 is 0 Å². The van der Waals surface area contributed by atoms with Gasteiger partial charge in [-0.05, 0) is 40.0 Å². The minimum Gasteiger partial charge on any atom is -0.378 e. The Morgan fingerprint density at radius 2 is 1.93 bits per heavy atom. The predicted molar refractivity (Wildman–Crippen MR) is 115 cm³/mol. The average molecular weight is 431 g/mol. The number of ether oxygens (including phenoxy) is 2. The van der Waals surface area contributed by atoms with Crippen LogP contribution in [-0.4, -0.2) is 94.0 Å². The molecule has 1 aliphatic heterocycles. The zero-order chi connectivity index (χ0) is 21.1. The van der Waals surface area contributed by atoms with Crippen LogP contribution in [0.25, 0.3) is 0 Å². The Hall–Kier alpha value is -0.900. The van der Waals surface area contributed by atoms with Gasteiger partial charge in [0.25, 0.3) is 0 Å². The van der Waals surface area contributed by atoms with E-state index >= 15 is 0 Å². The zero-order valence-corrected chi connectivity index (χ0v) is 19.2. The number of nitrogens with zero attached hydrogens (tertiary/aromatic N) is 3. The van der Waals surface area contributed by atoms with Crippen LogP contribution in [0.5, 0.6) is 0 Å². The first-order valence-electron chi connectivity index (χ1n) is 11.0. The molecular weight excluding hydrogens is 392 g/mol. The Balaban J connectivity index is 1.49. The van der Waals surface area contributed by atoms with Gasteiger partial charge in [0.05, 0.1) is 24.6 Å². The molecule has 1 spiro atoms. The van der Waals surface area contributed by atoms with E-state index in [9.17, 15) is 8.42 Å². The lowest BCUT2D eigenvalue weighted by molar-refractivity contribution is -0.169. The van der Waals surface area contributed by atoms with E-state index < -0.39 is 10.0 Å². The molecule has 1 heterocycles. The van der Waals surface area contributed by atoms with E-state index in [1.165, 1.54) is 19.3 Å². The van der Waals surface area contributed by atoms with Crippen LogP contribution in [0.1, 0.15) is 46.5 Å². The molecule has 0 radical (unpaired) electrons. The fraction of sp³-hybridized carbons (Fsp3) is 0.950. The van der Waals surface area contributed by atoms with Crippen molar-refractivity contribution in [3.05, 3.63) is 0 Å². The first-order chi connectivity index (χ1) is 13.8. The Kier molecular flexibility index (Phi) is 7.46. The Morgan fingerprint density at radius 1 is 1.24 bits per heavy atom. The molecule has 2 aliphatic carbocycles. The van der Waals surface area contributed by atoms with Crippen molar-refractivity contribution in [3.63, 3.8) is 0 Å². The molecule has 2 unspecified atom stereocenters. The third-order valence-corrected chi connectivity index (χ3v) is 8.51. The Morgan fingerprint density at radius 3 is 2.45 bits per heavy atom. The van der Waals surface area contributed by atoms with E-state index in [-0.39, 0.29) is 23.9 Å². The standard InChI is InChI=1S/C20H38N4O4S/c1-5-27-18-15-17(20(18)7-6-8-20)22-19(21-4)23-9-11-24(12-10-23)29(25,26)14-13-28-16(2)3/h16-18H,5-15H2,1-4H3,(H,21,22). The van der Waals surface area contributed by atoms with Crippen molar-refractivity contribution >= 4 is 16.0 Å². The SMILES string of the molecule is CCOC1CC(NC(=NC)N2CCN(S(=O)(=O)CCOC(C)C)CC2)C12CCC2. The van der Waals surface area contributed by atoms with Gasteiger partial charge in [0.15, 0.2) is 5.96 Å². The molecular formula is C20H38N4O4S. The number of aliphatic imine (C=N–C) groups is 1. The second-order valence-electron chi connectivity index (χ2n) is 8.63. The van der Waals surface area contributed by atoms with Crippen LogP contribution in [0.15, 0.2) is 4.99 Å². The van der Waals surface area contributed by atoms with Crippen LogP contribution in [0.2, 0.25) is 0 Å². The number of piperazine rings is 1. The number of hydrogen-bond donors (Lipinski definition) is 1. The van der Waals surface area contributed by atoms with Gasteiger partial charge in [-0.1, -0.05) is 6.42 Å². The maximum Gasteiger partial charge on any atom is 0.216 e. The lowest BCUT2D eigenvalue weighted by Gasteiger charge is -2.61. The highest BCUT2D eigenvalue weighted by Crippen LogP contribution is 2.57. The monoisotopic (exact) mass is 430 g/mol. The second-order valence-corrected chi connectivity index (χ2v) is 10.7. The summed E-state index contributed by atoms with van der Waals surface area (Å²) < 4.78 is 38.0. The van der Waals surface area contributed by atoms with Gasteiger partial charge in [-0.3, -0.25) is 4.99 Å². The lowest BCUT2D eigenvalue weighted by Crippen LogP contribution is -2.69. The zero-order valence-electron chi connectivity index (χ0n) is 18.4. The molecule has 2 saturated carbocycles. The maximum absolute atomic E-state index is 12.5. The summed E-state index contributed by atoms with van der Waals surface area (Å²) in [6.45, 7) is 9.18. The van der Waals surface area contributed by atoms with Crippen molar-refractivity contribution in [3.8, 4) is 0 Å². The predicted octanol–water partition coefficient (Wildman–Crippen LogP) is 1.28. The lowest BCUT2D eigenvalue weighted by atomic mass is 9.51. The molecule has 3 rings (SSSR count). The molecule has 29 heavy (non-hydrogen) atoms. The van der Waals surface area contributed by atoms with Crippen LogP contribution in [0.3, 0.4) is 0 Å². The third kappa shape index (κ3) is 4.89. The number of rotatable bonds is 8. The summed E-state index contributed by atoms with van der Waals surface area (Å²) >= 11 is 0. The van der Waals surface area contributed by atoms with Gasteiger partial charge >= 0.3 is 0 Å². The first-order valence-corrected chi connectivity index (χ1v) is 12.6. The van der Waals surface area contributed by atoms with E-state index in [1.54, 1.807) is 11.4 Å². The summed E-state index contributed by atoms with van der Waals surface area (Å²) in [5, 5.41) is 3.66. The van der Waals surface area contributed by atoms with Gasteiger partial charge in [-0.2, -0.15) is 4.31 Å². The second kappa shape index (κ2) is 9.49. The van der Waals surface area contributed by atoms with Crippen LogP contribution < -0.4 is 5.32 Å². The number of guanidine groups is 1. The third-order valence-electron chi connectivity index (χ3n) is 6.68. The summed E-state index contributed by atoms with van der Waals surface area (Å²) in [6.07, 6.45) is 5.15. The summed E-state index contributed by atoms with van der Waals surface area (Å²) in [5.41, 5.74) is 0.271. The van der Waals surface area contributed by atoms with Crippen molar-refractivity contribution in [2.45, 2.75) is 64.7 Å². The summed E-state index contributed by atoms with van der Waals surface area (Å²) in [6, 6.07) is 0.404. The van der Waals surface area contributed by atoms with Gasteiger partial charge in [-0.25, -0.2) is 8.42 Å². The fourth-order valence-corrected chi connectivity index (χ4v) is 6.07. The van der Waals surface area contributed by atoms with Gasteiger partial charge in [-0.15, -0.1) is 0 Å². The molecule has 9 heteroatoms. The first kappa shape index (κ1) is 22.8. The van der Waals surface area contributed by atoms with Crippen molar-refractivity contribution < 1.29 is 17.9 Å². The summed E-state index contributed by atoms with van der Waals surface area (Å²) in [5.74, 6) is 0.929.